The Balaban J connectivity index is 1.51. The molecule has 2 amide bonds. The standard InChI is InChI=1S/C21H26F2N2O4/c1-12-4-3-5-18(13(12)2)25-10-14(8-20(25)27)21(28)29-11-19(26)24-17-7-6-15(22)9-16(17)23/h6-7,9,12-14,18H,3-5,8,10-11H2,1-2H3,(H,24,26)/t12-,13+,14+,18-/m0/s1. The van der Waals surface area contributed by atoms with E-state index in [2.05, 4.69) is 19.2 Å². The molecule has 1 aromatic carbocycles. The van der Waals surface area contributed by atoms with Crippen LogP contribution in [0.15, 0.2) is 18.2 Å². The van der Waals surface area contributed by atoms with Crippen LogP contribution in [0.2, 0.25) is 0 Å². The fourth-order valence-corrected chi connectivity index (χ4v) is 4.24. The topological polar surface area (TPSA) is 75.7 Å². The quantitative estimate of drug-likeness (QED) is 0.760. The minimum Gasteiger partial charge on any atom is -0.455 e. The van der Waals surface area contributed by atoms with Gasteiger partial charge in [0, 0.05) is 25.1 Å². The lowest BCUT2D eigenvalue weighted by Crippen LogP contribution is -2.45. The van der Waals surface area contributed by atoms with E-state index in [4.69, 9.17) is 4.74 Å². The highest BCUT2D eigenvalue weighted by atomic mass is 19.1. The molecule has 0 aromatic heterocycles. The van der Waals surface area contributed by atoms with Gasteiger partial charge >= 0.3 is 5.97 Å². The van der Waals surface area contributed by atoms with Gasteiger partial charge in [0.05, 0.1) is 11.6 Å². The summed E-state index contributed by atoms with van der Waals surface area (Å²) < 4.78 is 31.5. The second kappa shape index (κ2) is 8.88. The Bertz CT molecular complexity index is 801. The lowest BCUT2D eigenvalue weighted by Gasteiger charge is -2.39. The molecule has 2 aliphatic rings. The van der Waals surface area contributed by atoms with Crippen LogP contribution < -0.4 is 5.32 Å². The molecule has 8 heteroatoms. The van der Waals surface area contributed by atoms with Crippen molar-refractivity contribution >= 4 is 23.5 Å². The molecule has 3 rings (SSSR count). The highest BCUT2D eigenvalue weighted by Crippen LogP contribution is 2.35. The van der Waals surface area contributed by atoms with Crippen LogP contribution in [0.3, 0.4) is 0 Å². The van der Waals surface area contributed by atoms with Gasteiger partial charge in [-0.1, -0.05) is 26.7 Å². The largest absolute Gasteiger partial charge is 0.455 e. The highest BCUT2D eigenvalue weighted by molar-refractivity contribution is 5.93. The van der Waals surface area contributed by atoms with Crippen LogP contribution in [-0.2, 0) is 19.1 Å². The summed E-state index contributed by atoms with van der Waals surface area (Å²) in [4.78, 5) is 38.5. The zero-order valence-electron chi connectivity index (χ0n) is 16.6. The number of hydrogen-bond acceptors (Lipinski definition) is 4. The summed E-state index contributed by atoms with van der Waals surface area (Å²) in [5.74, 6) is -2.80. The second-order valence-corrected chi connectivity index (χ2v) is 8.06. The number of esters is 1. The minimum absolute atomic E-state index is 0.0595. The molecule has 1 aliphatic carbocycles. The number of carbonyl (C=O) groups is 3. The lowest BCUT2D eigenvalue weighted by molar-refractivity contribution is -0.151. The van der Waals surface area contributed by atoms with E-state index in [0.717, 1.165) is 31.4 Å². The number of rotatable bonds is 5. The maximum atomic E-state index is 13.6. The van der Waals surface area contributed by atoms with Crippen molar-refractivity contribution in [2.45, 2.75) is 45.6 Å². The van der Waals surface area contributed by atoms with Crippen molar-refractivity contribution < 1.29 is 27.9 Å². The fourth-order valence-electron chi connectivity index (χ4n) is 4.24. The van der Waals surface area contributed by atoms with Crippen LogP contribution in [-0.4, -0.2) is 41.9 Å². The van der Waals surface area contributed by atoms with E-state index >= 15 is 0 Å². The van der Waals surface area contributed by atoms with Gasteiger partial charge in [0.15, 0.2) is 6.61 Å². The van der Waals surface area contributed by atoms with Crippen molar-refractivity contribution in [2.75, 3.05) is 18.5 Å². The SMILES string of the molecule is C[C@@H]1[C@@H](C)CCC[C@@H]1N1C[C@H](C(=O)OCC(=O)Nc2ccc(F)cc2F)CC1=O. The Labute approximate surface area is 168 Å². The van der Waals surface area contributed by atoms with Crippen LogP contribution in [0.4, 0.5) is 14.5 Å². The monoisotopic (exact) mass is 408 g/mol. The Kier molecular flexibility index (Phi) is 6.49. The summed E-state index contributed by atoms with van der Waals surface area (Å²) in [5.41, 5.74) is -0.199. The van der Waals surface area contributed by atoms with Crippen LogP contribution in [0.1, 0.15) is 39.5 Å². The molecule has 2 fully saturated rings. The van der Waals surface area contributed by atoms with E-state index in [9.17, 15) is 23.2 Å². The molecule has 29 heavy (non-hydrogen) atoms. The van der Waals surface area contributed by atoms with Crippen molar-refractivity contribution in [3.8, 4) is 0 Å². The number of benzene rings is 1. The molecule has 1 heterocycles. The fraction of sp³-hybridized carbons (Fsp3) is 0.571. The van der Waals surface area contributed by atoms with Gasteiger partial charge in [0.2, 0.25) is 5.91 Å². The zero-order chi connectivity index (χ0) is 21.1. The molecule has 0 spiro atoms. The molecule has 0 bridgehead atoms. The van der Waals surface area contributed by atoms with E-state index in [0.29, 0.717) is 24.4 Å². The molecule has 0 unspecified atom stereocenters. The van der Waals surface area contributed by atoms with Gasteiger partial charge in [-0.25, -0.2) is 8.78 Å². The molecule has 4 atom stereocenters. The lowest BCUT2D eigenvalue weighted by atomic mass is 9.77. The molecule has 1 aromatic rings. The summed E-state index contributed by atoms with van der Waals surface area (Å²) in [6, 6.07) is 2.88. The minimum atomic E-state index is -0.919. The number of amides is 2. The van der Waals surface area contributed by atoms with E-state index in [1.54, 1.807) is 4.90 Å². The zero-order valence-corrected chi connectivity index (χ0v) is 16.6. The van der Waals surface area contributed by atoms with Crippen LogP contribution in [0.25, 0.3) is 0 Å². The molecule has 1 N–H and O–H groups in total. The number of halogens is 2. The maximum Gasteiger partial charge on any atom is 0.311 e. The first-order valence-electron chi connectivity index (χ1n) is 9.97. The number of carbonyl (C=O) groups excluding carboxylic acids is 3. The van der Waals surface area contributed by atoms with Gasteiger partial charge in [0.1, 0.15) is 11.6 Å². The van der Waals surface area contributed by atoms with E-state index in [1.807, 2.05) is 0 Å². The Morgan fingerprint density at radius 1 is 1.24 bits per heavy atom. The van der Waals surface area contributed by atoms with Crippen LogP contribution >= 0.6 is 0 Å². The molecule has 6 nitrogen and oxygen atoms in total. The number of nitrogens with one attached hydrogen (secondary N) is 1. The van der Waals surface area contributed by atoms with E-state index in [1.165, 1.54) is 0 Å². The average Bonchev–Trinajstić information content (AvgIpc) is 3.06. The Morgan fingerprint density at radius 3 is 2.72 bits per heavy atom. The normalized spacial score (nSPS) is 27.0. The van der Waals surface area contributed by atoms with Crippen molar-refractivity contribution in [3.63, 3.8) is 0 Å². The molecule has 158 valence electrons. The first kappa shape index (κ1) is 21.2. The number of anilines is 1. The maximum absolute atomic E-state index is 13.6. The van der Waals surface area contributed by atoms with Gasteiger partial charge in [-0.2, -0.15) is 0 Å². The predicted octanol–water partition coefficient (Wildman–Crippen LogP) is 3.12. The first-order chi connectivity index (χ1) is 13.8. The molecular formula is C21H26F2N2O4. The number of hydrogen-bond donors (Lipinski definition) is 1. The van der Waals surface area contributed by atoms with Crippen LogP contribution in [0.5, 0.6) is 0 Å². The molecule has 1 saturated carbocycles. The molecule has 1 saturated heterocycles. The number of likely N-dealkylation sites (tertiary alicyclic amines) is 1. The van der Waals surface area contributed by atoms with Crippen molar-refractivity contribution in [3.05, 3.63) is 29.8 Å². The first-order valence-corrected chi connectivity index (χ1v) is 9.97. The van der Waals surface area contributed by atoms with Gasteiger partial charge in [-0.05, 0) is 30.4 Å². The van der Waals surface area contributed by atoms with Crippen molar-refractivity contribution in [1.82, 2.24) is 4.90 Å². The summed E-state index contributed by atoms with van der Waals surface area (Å²) in [7, 11) is 0. The van der Waals surface area contributed by atoms with E-state index < -0.39 is 36.0 Å². The molecular weight excluding hydrogens is 382 g/mol. The molecule has 1 aliphatic heterocycles. The third-order valence-corrected chi connectivity index (χ3v) is 6.11. The third kappa shape index (κ3) is 4.92. The smallest absolute Gasteiger partial charge is 0.311 e. The van der Waals surface area contributed by atoms with Crippen molar-refractivity contribution in [1.29, 1.82) is 0 Å². The van der Waals surface area contributed by atoms with Crippen molar-refractivity contribution in [2.24, 2.45) is 17.8 Å². The van der Waals surface area contributed by atoms with Gasteiger partial charge < -0.3 is 15.0 Å². The average molecular weight is 408 g/mol. The summed E-state index contributed by atoms with van der Waals surface area (Å²) in [5, 5.41) is 2.23. The summed E-state index contributed by atoms with van der Waals surface area (Å²) in [6.45, 7) is 4.03. The molecule has 0 radical (unpaired) electrons. The highest BCUT2D eigenvalue weighted by Gasteiger charge is 2.42. The number of nitrogens with zero attached hydrogens (tertiary/aromatic N) is 1. The Hall–Kier alpha value is -2.51. The van der Waals surface area contributed by atoms with E-state index in [-0.39, 0.29) is 24.1 Å². The van der Waals surface area contributed by atoms with Gasteiger partial charge in [-0.15, -0.1) is 0 Å². The number of ether oxygens (including phenoxy) is 1. The predicted molar refractivity (Wildman–Crippen MR) is 102 cm³/mol. The summed E-state index contributed by atoms with van der Waals surface area (Å²) >= 11 is 0. The van der Waals surface area contributed by atoms with Gasteiger partial charge in [-0.3, -0.25) is 14.4 Å². The van der Waals surface area contributed by atoms with Crippen LogP contribution in [0, 0.1) is 29.4 Å². The summed E-state index contributed by atoms with van der Waals surface area (Å²) in [6.07, 6.45) is 3.22. The Morgan fingerprint density at radius 2 is 2.00 bits per heavy atom. The van der Waals surface area contributed by atoms with Gasteiger partial charge in [0.25, 0.3) is 5.91 Å². The third-order valence-electron chi connectivity index (χ3n) is 6.11. The second-order valence-electron chi connectivity index (χ2n) is 8.06.